The van der Waals surface area contributed by atoms with Gasteiger partial charge in [0.2, 0.25) is 0 Å². The first-order valence-electron chi connectivity index (χ1n) is 7.29. The summed E-state index contributed by atoms with van der Waals surface area (Å²) < 4.78 is 0. The number of hydrogen-bond acceptors (Lipinski definition) is 2. The minimum Gasteiger partial charge on any atom is -0.370 e. The smallest absolute Gasteiger partial charge is 0.191 e. The van der Waals surface area contributed by atoms with Crippen molar-refractivity contribution in [3.63, 3.8) is 0 Å². The van der Waals surface area contributed by atoms with Crippen molar-refractivity contribution >= 4 is 5.96 Å². The van der Waals surface area contributed by atoms with Gasteiger partial charge in [0.05, 0.1) is 6.04 Å². The normalized spacial score (nSPS) is 20.2. The van der Waals surface area contributed by atoms with Gasteiger partial charge in [-0.2, -0.15) is 0 Å². The van der Waals surface area contributed by atoms with E-state index < -0.39 is 0 Å². The van der Waals surface area contributed by atoms with Crippen LogP contribution in [0.25, 0.3) is 0 Å². The Labute approximate surface area is 112 Å². The van der Waals surface area contributed by atoms with Crippen LogP contribution in [0.5, 0.6) is 0 Å². The van der Waals surface area contributed by atoms with Crippen LogP contribution in [-0.4, -0.2) is 55.0 Å². The van der Waals surface area contributed by atoms with E-state index in [-0.39, 0.29) is 0 Å². The van der Waals surface area contributed by atoms with Gasteiger partial charge < -0.3 is 15.5 Å². The van der Waals surface area contributed by atoms with E-state index in [1.807, 2.05) is 0 Å². The average Bonchev–Trinajstić information content (AvgIpc) is 2.30. The van der Waals surface area contributed by atoms with Crippen LogP contribution < -0.4 is 5.73 Å². The standard InChI is InChI=1S/C14H30N4/c1-5-18(12(2)11-17(3)4)14(15)16-13-9-7-6-8-10-13/h12-13H,5-11H2,1-4H3,(H2,15,16). The van der Waals surface area contributed by atoms with E-state index in [9.17, 15) is 0 Å². The third-order valence-corrected chi connectivity index (χ3v) is 3.69. The summed E-state index contributed by atoms with van der Waals surface area (Å²) in [5.74, 6) is 0.735. The van der Waals surface area contributed by atoms with Crippen LogP contribution in [0, 0.1) is 0 Å². The zero-order valence-corrected chi connectivity index (χ0v) is 12.5. The summed E-state index contributed by atoms with van der Waals surface area (Å²) in [5, 5.41) is 0. The van der Waals surface area contributed by atoms with Crippen LogP contribution >= 0.6 is 0 Å². The molecule has 0 heterocycles. The largest absolute Gasteiger partial charge is 0.370 e. The van der Waals surface area contributed by atoms with Crippen LogP contribution in [0.15, 0.2) is 4.99 Å². The quantitative estimate of drug-likeness (QED) is 0.602. The molecular formula is C14H30N4. The molecule has 1 aliphatic carbocycles. The third kappa shape index (κ3) is 4.84. The van der Waals surface area contributed by atoms with Crippen LogP contribution in [0.2, 0.25) is 0 Å². The van der Waals surface area contributed by atoms with Crippen LogP contribution in [-0.2, 0) is 0 Å². The van der Waals surface area contributed by atoms with Crippen molar-refractivity contribution < 1.29 is 0 Å². The Morgan fingerprint density at radius 3 is 2.39 bits per heavy atom. The van der Waals surface area contributed by atoms with Crippen molar-refractivity contribution in [3.8, 4) is 0 Å². The summed E-state index contributed by atoms with van der Waals surface area (Å²) in [7, 11) is 4.19. The molecule has 0 aromatic carbocycles. The first kappa shape index (κ1) is 15.3. The number of likely N-dealkylation sites (N-methyl/N-ethyl adjacent to an activating group) is 2. The lowest BCUT2D eigenvalue weighted by molar-refractivity contribution is 0.260. The molecule has 4 heteroatoms. The number of nitrogens with two attached hydrogens (primary N) is 1. The van der Waals surface area contributed by atoms with E-state index in [1.54, 1.807) is 0 Å². The molecule has 4 nitrogen and oxygen atoms in total. The Hall–Kier alpha value is -0.770. The van der Waals surface area contributed by atoms with Crippen LogP contribution in [0.1, 0.15) is 46.0 Å². The Morgan fingerprint density at radius 1 is 1.28 bits per heavy atom. The van der Waals surface area contributed by atoms with Gasteiger partial charge in [-0.3, -0.25) is 0 Å². The number of guanidine groups is 1. The van der Waals surface area contributed by atoms with Crippen LogP contribution in [0.3, 0.4) is 0 Å². The lowest BCUT2D eigenvalue weighted by atomic mass is 9.96. The predicted octanol–water partition coefficient (Wildman–Crippen LogP) is 1.91. The monoisotopic (exact) mass is 254 g/mol. The van der Waals surface area contributed by atoms with E-state index in [1.165, 1.54) is 32.1 Å². The molecule has 0 amide bonds. The van der Waals surface area contributed by atoms with Crippen molar-refractivity contribution in [1.82, 2.24) is 9.80 Å². The molecule has 1 fully saturated rings. The van der Waals surface area contributed by atoms with E-state index in [2.05, 4.69) is 37.7 Å². The van der Waals surface area contributed by atoms with Gasteiger partial charge in [0.1, 0.15) is 0 Å². The molecule has 106 valence electrons. The van der Waals surface area contributed by atoms with Gasteiger partial charge in [-0.25, -0.2) is 4.99 Å². The lowest BCUT2D eigenvalue weighted by Gasteiger charge is -2.32. The Bertz CT molecular complexity index is 257. The van der Waals surface area contributed by atoms with Gasteiger partial charge in [0, 0.05) is 19.1 Å². The fraction of sp³-hybridized carbons (Fsp3) is 0.929. The molecule has 1 atom stereocenters. The zero-order valence-electron chi connectivity index (χ0n) is 12.5. The van der Waals surface area contributed by atoms with Gasteiger partial charge in [0.15, 0.2) is 5.96 Å². The molecule has 0 bridgehead atoms. The van der Waals surface area contributed by atoms with Gasteiger partial charge in [-0.1, -0.05) is 19.3 Å². The summed E-state index contributed by atoms with van der Waals surface area (Å²) in [6, 6.07) is 0.872. The summed E-state index contributed by atoms with van der Waals surface area (Å²) in [4.78, 5) is 9.15. The maximum absolute atomic E-state index is 6.19. The number of rotatable bonds is 5. The van der Waals surface area contributed by atoms with Crippen molar-refractivity contribution in [2.75, 3.05) is 27.2 Å². The summed E-state index contributed by atoms with van der Waals surface area (Å²) in [6.07, 6.45) is 6.39. The number of aliphatic imine (C=N–C) groups is 1. The third-order valence-electron chi connectivity index (χ3n) is 3.69. The molecule has 0 aliphatic heterocycles. The molecule has 0 aromatic rings. The molecule has 0 radical (unpaired) electrons. The van der Waals surface area contributed by atoms with E-state index in [0.29, 0.717) is 12.1 Å². The second-order valence-corrected chi connectivity index (χ2v) is 5.68. The van der Waals surface area contributed by atoms with E-state index in [0.717, 1.165) is 19.0 Å². The van der Waals surface area contributed by atoms with Gasteiger partial charge in [-0.05, 0) is 40.8 Å². The van der Waals surface area contributed by atoms with Gasteiger partial charge in [-0.15, -0.1) is 0 Å². The molecule has 0 saturated heterocycles. The predicted molar refractivity (Wildman–Crippen MR) is 78.9 cm³/mol. The number of hydrogen-bond donors (Lipinski definition) is 1. The maximum Gasteiger partial charge on any atom is 0.191 e. The summed E-state index contributed by atoms with van der Waals surface area (Å²) in [6.45, 7) is 6.30. The minimum atomic E-state index is 0.414. The fourth-order valence-corrected chi connectivity index (χ4v) is 2.80. The zero-order chi connectivity index (χ0) is 13.5. The summed E-state index contributed by atoms with van der Waals surface area (Å²) in [5.41, 5.74) is 6.19. The number of nitrogens with zero attached hydrogens (tertiary/aromatic N) is 3. The molecular weight excluding hydrogens is 224 g/mol. The van der Waals surface area contributed by atoms with Crippen molar-refractivity contribution in [1.29, 1.82) is 0 Å². The van der Waals surface area contributed by atoms with Crippen molar-refractivity contribution in [2.45, 2.75) is 58.0 Å². The second-order valence-electron chi connectivity index (χ2n) is 5.68. The Kier molecular flexibility index (Phi) is 6.47. The molecule has 18 heavy (non-hydrogen) atoms. The van der Waals surface area contributed by atoms with Crippen LogP contribution in [0.4, 0.5) is 0 Å². The molecule has 0 aromatic heterocycles. The fourth-order valence-electron chi connectivity index (χ4n) is 2.80. The summed E-state index contributed by atoms with van der Waals surface area (Å²) >= 11 is 0. The van der Waals surface area contributed by atoms with E-state index in [4.69, 9.17) is 10.7 Å². The Morgan fingerprint density at radius 2 is 1.89 bits per heavy atom. The highest BCUT2D eigenvalue weighted by molar-refractivity contribution is 5.78. The SMILES string of the molecule is CCN(C(N)=NC1CCCCC1)C(C)CN(C)C. The lowest BCUT2D eigenvalue weighted by Crippen LogP contribution is -2.47. The first-order valence-corrected chi connectivity index (χ1v) is 7.29. The highest BCUT2D eigenvalue weighted by Gasteiger charge is 2.18. The molecule has 1 unspecified atom stereocenters. The van der Waals surface area contributed by atoms with Gasteiger partial charge in [0.25, 0.3) is 0 Å². The second kappa shape index (κ2) is 7.62. The first-order chi connectivity index (χ1) is 8.54. The van der Waals surface area contributed by atoms with Gasteiger partial charge >= 0.3 is 0 Å². The highest BCUT2D eigenvalue weighted by Crippen LogP contribution is 2.20. The molecule has 0 spiro atoms. The van der Waals surface area contributed by atoms with E-state index >= 15 is 0 Å². The minimum absolute atomic E-state index is 0.414. The van der Waals surface area contributed by atoms with Crippen molar-refractivity contribution in [3.05, 3.63) is 0 Å². The molecule has 1 saturated carbocycles. The maximum atomic E-state index is 6.19. The average molecular weight is 254 g/mol. The molecule has 2 N–H and O–H groups in total. The highest BCUT2D eigenvalue weighted by atomic mass is 15.3. The topological polar surface area (TPSA) is 44.9 Å². The molecule has 1 aliphatic rings. The van der Waals surface area contributed by atoms with Crippen molar-refractivity contribution in [2.24, 2.45) is 10.7 Å². The Balaban J connectivity index is 2.59. The molecule has 1 rings (SSSR count).